The first kappa shape index (κ1) is 15.7. The minimum absolute atomic E-state index is 0.165. The van der Waals surface area contributed by atoms with Crippen molar-refractivity contribution in [2.45, 2.75) is 0 Å². The quantitative estimate of drug-likeness (QED) is 0.705. The zero-order chi connectivity index (χ0) is 16.8. The van der Waals surface area contributed by atoms with E-state index in [0.29, 0.717) is 5.69 Å². The number of hydrogen-bond acceptors (Lipinski definition) is 3. The Bertz CT molecular complexity index is 849. The monoisotopic (exact) mass is 325 g/mol. The van der Waals surface area contributed by atoms with Gasteiger partial charge in [-0.05, 0) is 24.3 Å². The van der Waals surface area contributed by atoms with Crippen LogP contribution in [0.3, 0.4) is 0 Å². The molecule has 0 unspecified atom stereocenters. The maximum atomic E-state index is 13.4. The summed E-state index contributed by atoms with van der Waals surface area (Å²) in [7, 11) is 0. The smallest absolute Gasteiger partial charge is 0.319 e. The fourth-order valence-corrected chi connectivity index (χ4v) is 2.26. The number of halogens is 1. The number of urea groups is 1. The van der Waals surface area contributed by atoms with Crippen molar-refractivity contribution < 1.29 is 13.9 Å². The highest BCUT2D eigenvalue weighted by atomic mass is 19.1. The van der Waals surface area contributed by atoms with E-state index in [4.69, 9.17) is 4.74 Å². The molecule has 0 spiro atoms. The van der Waals surface area contributed by atoms with Crippen molar-refractivity contribution in [2.75, 3.05) is 18.5 Å². The van der Waals surface area contributed by atoms with Gasteiger partial charge in [0, 0.05) is 11.6 Å². The highest BCUT2D eigenvalue weighted by Crippen LogP contribution is 2.20. The second kappa shape index (κ2) is 7.41. The van der Waals surface area contributed by atoms with Crippen LogP contribution >= 0.6 is 0 Å². The van der Waals surface area contributed by atoms with Crippen LogP contribution in [0, 0.1) is 5.82 Å². The lowest BCUT2D eigenvalue weighted by atomic mass is 10.2. The van der Waals surface area contributed by atoms with Gasteiger partial charge in [-0.3, -0.25) is 4.98 Å². The predicted octanol–water partition coefficient (Wildman–Crippen LogP) is 3.57. The second-order valence-electron chi connectivity index (χ2n) is 5.04. The normalized spacial score (nSPS) is 10.4. The summed E-state index contributed by atoms with van der Waals surface area (Å²) < 4.78 is 18.7. The van der Waals surface area contributed by atoms with Crippen molar-refractivity contribution in [1.29, 1.82) is 0 Å². The standard InChI is InChI=1S/C18H16FN3O2/c19-14-7-1-2-9-16(14)24-12-11-21-18(23)22-15-8-3-5-13-6-4-10-20-17(13)15/h1-10H,11-12H2,(H2,21,22,23). The number of ether oxygens (including phenoxy) is 1. The zero-order valence-corrected chi connectivity index (χ0v) is 12.8. The number of rotatable bonds is 5. The van der Waals surface area contributed by atoms with E-state index in [2.05, 4.69) is 15.6 Å². The number of nitrogens with one attached hydrogen (secondary N) is 2. The molecular weight excluding hydrogens is 309 g/mol. The van der Waals surface area contributed by atoms with Crippen LogP contribution in [0.15, 0.2) is 60.8 Å². The van der Waals surface area contributed by atoms with Gasteiger partial charge in [0.15, 0.2) is 11.6 Å². The van der Waals surface area contributed by atoms with Gasteiger partial charge < -0.3 is 15.4 Å². The largest absolute Gasteiger partial charge is 0.489 e. The lowest BCUT2D eigenvalue weighted by Gasteiger charge is -2.10. The van der Waals surface area contributed by atoms with Crippen molar-refractivity contribution in [3.63, 3.8) is 0 Å². The Kier molecular flexibility index (Phi) is 4.86. The second-order valence-corrected chi connectivity index (χ2v) is 5.04. The van der Waals surface area contributed by atoms with Gasteiger partial charge in [-0.25, -0.2) is 9.18 Å². The van der Waals surface area contributed by atoms with Crippen molar-refractivity contribution in [3.8, 4) is 5.75 Å². The van der Waals surface area contributed by atoms with E-state index in [1.807, 2.05) is 24.3 Å². The fourth-order valence-electron chi connectivity index (χ4n) is 2.26. The summed E-state index contributed by atoms with van der Waals surface area (Å²) in [5.41, 5.74) is 1.35. The first-order valence-electron chi connectivity index (χ1n) is 7.50. The number of carbonyl (C=O) groups excluding carboxylic acids is 1. The van der Waals surface area contributed by atoms with Gasteiger partial charge in [0.05, 0.1) is 17.7 Å². The van der Waals surface area contributed by atoms with Gasteiger partial charge in [0.2, 0.25) is 0 Å². The predicted molar refractivity (Wildman–Crippen MR) is 90.7 cm³/mol. The van der Waals surface area contributed by atoms with Crippen LogP contribution in [-0.2, 0) is 0 Å². The molecule has 0 fully saturated rings. The van der Waals surface area contributed by atoms with Crippen LogP contribution in [0.2, 0.25) is 0 Å². The Morgan fingerprint density at radius 1 is 1.08 bits per heavy atom. The molecule has 2 amide bonds. The number of pyridine rings is 1. The molecule has 0 radical (unpaired) electrons. The molecule has 2 N–H and O–H groups in total. The van der Waals surface area contributed by atoms with Crippen LogP contribution in [0.4, 0.5) is 14.9 Å². The number of nitrogens with zero attached hydrogens (tertiary/aromatic N) is 1. The van der Waals surface area contributed by atoms with Crippen molar-refractivity contribution in [3.05, 3.63) is 66.6 Å². The number of fused-ring (bicyclic) bond motifs is 1. The van der Waals surface area contributed by atoms with Gasteiger partial charge in [0.25, 0.3) is 0 Å². The first-order chi connectivity index (χ1) is 11.7. The van der Waals surface area contributed by atoms with E-state index in [9.17, 15) is 9.18 Å². The van der Waals surface area contributed by atoms with E-state index in [1.165, 1.54) is 12.1 Å². The van der Waals surface area contributed by atoms with Crippen LogP contribution < -0.4 is 15.4 Å². The topological polar surface area (TPSA) is 63.2 Å². The molecule has 5 nitrogen and oxygen atoms in total. The summed E-state index contributed by atoms with van der Waals surface area (Å²) >= 11 is 0. The Balaban J connectivity index is 1.51. The molecule has 24 heavy (non-hydrogen) atoms. The lowest BCUT2D eigenvalue weighted by Crippen LogP contribution is -2.32. The van der Waals surface area contributed by atoms with Crippen molar-refractivity contribution in [1.82, 2.24) is 10.3 Å². The summed E-state index contributed by atoms with van der Waals surface area (Å²) in [5.74, 6) is -0.262. The summed E-state index contributed by atoms with van der Waals surface area (Å²) in [6.07, 6.45) is 1.67. The van der Waals surface area contributed by atoms with Crippen LogP contribution in [-0.4, -0.2) is 24.2 Å². The Hall–Kier alpha value is -3.15. The number of benzene rings is 2. The van der Waals surface area contributed by atoms with Crippen molar-refractivity contribution >= 4 is 22.6 Å². The SMILES string of the molecule is O=C(NCCOc1ccccc1F)Nc1cccc2cccnc12. The Morgan fingerprint density at radius 2 is 1.92 bits per heavy atom. The van der Waals surface area contributed by atoms with Gasteiger partial charge >= 0.3 is 6.03 Å². The van der Waals surface area contributed by atoms with E-state index in [0.717, 1.165) is 10.9 Å². The molecule has 0 aliphatic heterocycles. The molecule has 3 aromatic rings. The van der Waals surface area contributed by atoms with Gasteiger partial charge in [-0.2, -0.15) is 0 Å². The third kappa shape index (κ3) is 3.78. The summed E-state index contributed by atoms with van der Waals surface area (Å²) in [4.78, 5) is 16.2. The third-order valence-electron chi connectivity index (χ3n) is 3.36. The van der Waals surface area contributed by atoms with Crippen molar-refractivity contribution in [2.24, 2.45) is 0 Å². The maximum absolute atomic E-state index is 13.4. The molecule has 0 saturated carbocycles. The van der Waals surface area contributed by atoms with Crippen LogP contribution in [0.1, 0.15) is 0 Å². The molecule has 0 aliphatic carbocycles. The molecule has 0 aliphatic rings. The molecule has 1 heterocycles. The Labute approximate surface area is 138 Å². The molecular formula is C18H16FN3O2. The molecule has 0 atom stereocenters. The number of amides is 2. The molecule has 1 aromatic heterocycles. The zero-order valence-electron chi connectivity index (χ0n) is 12.8. The third-order valence-corrected chi connectivity index (χ3v) is 3.36. The summed E-state index contributed by atoms with van der Waals surface area (Å²) in [5, 5.41) is 6.36. The highest BCUT2D eigenvalue weighted by molar-refractivity contribution is 5.99. The fraction of sp³-hybridized carbons (Fsp3) is 0.111. The van der Waals surface area contributed by atoms with E-state index < -0.39 is 5.82 Å². The van der Waals surface area contributed by atoms with E-state index >= 15 is 0 Å². The summed E-state index contributed by atoms with van der Waals surface area (Å²) in [6, 6.07) is 15.1. The number of para-hydroxylation sites is 2. The van der Waals surface area contributed by atoms with Gasteiger partial charge in [-0.15, -0.1) is 0 Å². The van der Waals surface area contributed by atoms with Gasteiger partial charge in [-0.1, -0.05) is 30.3 Å². The minimum Gasteiger partial charge on any atom is -0.489 e. The van der Waals surface area contributed by atoms with E-state index in [1.54, 1.807) is 24.4 Å². The number of hydrogen-bond donors (Lipinski definition) is 2. The molecule has 2 aromatic carbocycles. The average Bonchev–Trinajstić information content (AvgIpc) is 2.60. The lowest BCUT2D eigenvalue weighted by molar-refractivity contribution is 0.246. The van der Waals surface area contributed by atoms with Gasteiger partial charge in [0.1, 0.15) is 6.61 Å². The first-order valence-corrected chi connectivity index (χ1v) is 7.50. The molecule has 0 bridgehead atoms. The van der Waals surface area contributed by atoms with E-state index in [-0.39, 0.29) is 24.9 Å². The Morgan fingerprint density at radius 3 is 2.79 bits per heavy atom. The number of anilines is 1. The highest BCUT2D eigenvalue weighted by Gasteiger charge is 2.06. The molecule has 3 rings (SSSR count). The van der Waals surface area contributed by atoms with Crippen LogP contribution in [0.25, 0.3) is 10.9 Å². The number of carbonyl (C=O) groups is 1. The molecule has 0 saturated heterocycles. The van der Waals surface area contributed by atoms with Crippen LogP contribution in [0.5, 0.6) is 5.75 Å². The molecule has 122 valence electrons. The molecule has 6 heteroatoms. The number of aromatic nitrogens is 1. The minimum atomic E-state index is -0.427. The summed E-state index contributed by atoms with van der Waals surface area (Å²) in [6.45, 7) is 0.417. The maximum Gasteiger partial charge on any atom is 0.319 e. The average molecular weight is 325 g/mol.